The molecule has 3 rings (SSSR count). The van der Waals surface area contributed by atoms with Gasteiger partial charge in [-0.15, -0.1) is 0 Å². The molecule has 5 heteroatoms. The van der Waals surface area contributed by atoms with Crippen molar-refractivity contribution in [3.63, 3.8) is 0 Å². The lowest BCUT2D eigenvalue weighted by molar-refractivity contribution is 0.0844. The Kier molecular flexibility index (Phi) is 4.31. The second-order valence-corrected chi connectivity index (χ2v) is 7.01. The van der Waals surface area contributed by atoms with Crippen LogP contribution in [0.25, 0.3) is 10.9 Å². The van der Waals surface area contributed by atoms with Crippen molar-refractivity contribution in [2.45, 2.75) is 26.2 Å². The number of hydrogen-bond acceptors (Lipinski definition) is 2. The quantitative estimate of drug-likeness (QED) is 0.627. The number of carbonyl (C=O) groups excluding carboxylic acids is 2. The minimum Gasteiger partial charge on any atom is -0.350 e. The summed E-state index contributed by atoms with van der Waals surface area (Å²) in [4.78, 5) is 27.4. The largest absolute Gasteiger partial charge is 0.350 e. The molecule has 0 fully saturated rings. The second-order valence-electron chi connectivity index (χ2n) is 7.01. The highest BCUT2D eigenvalue weighted by Crippen LogP contribution is 2.22. The molecule has 0 aliphatic rings. The van der Waals surface area contributed by atoms with Gasteiger partial charge in [0.15, 0.2) is 0 Å². The first-order chi connectivity index (χ1) is 11.8. The van der Waals surface area contributed by atoms with E-state index in [9.17, 15) is 9.59 Å². The lowest BCUT2D eigenvalue weighted by Crippen LogP contribution is -2.41. The molecule has 0 spiro atoms. The first-order valence-electron chi connectivity index (χ1n) is 8.13. The molecule has 5 nitrogen and oxygen atoms in total. The first-order valence-corrected chi connectivity index (χ1v) is 8.13. The van der Waals surface area contributed by atoms with Crippen molar-refractivity contribution in [3.05, 3.63) is 71.4 Å². The maximum Gasteiger partial charge on any atom is 0.286 e. The van der Waals surface area contributed by atoms with Gasteiger partial charge in [0.1, 0.15) is 5.69 Å². The molecule has 0 radical (unpaired) electrons. The molecule has 0 atom stereocenters. The second kappa shape index (κ2) is 6.43. The lowest BCUT2D eigenvalue weighted by Gasteiger charge is -2.19. The molecule has 0 bridgehead atoms. The van der Waals surface area contributed by atoms with Crippen molar-refractivity contribution in [1.29, 1.82) is 0 Å². The van der Waals surface area contributed by atoms with E-state index in [4.69, 9.17) is 0 Å². The van der Waals surface area contributed by atoms with Crippen LogP contribution >= 0.6 is 0 Å². The smallest absolute Gasteiger partial charge is 0.286 e. The van der Waals surface area contributed by atoms with E-state index in [1.807, 2.05) is 36.4 Å². The van der Waals surface area contributed by atoms with Crippen LogP contribution in [-0.2, 0) is 5.41 Å². The number of carbonyl (C=O) groups is 2. The topological polar surface area (TPSA) is 74.0 Å². The fraction of sp³-hybridized carbons (Fsp3) is 0.200. The van der Waals surface area contributed by atoms with Gasteiger partial charge in [-0.05, 0) is 35.2 Å². The summed E-state index contributed by atoms with van der Waals surface area (Å²) in [6, 6.07) is 16.7. The molecule has 0 aliphatic heterocycles. The van der Waals surface area contributed by atoms with E-state index in [1.54, 1.807) is 18.2 Å². The van der Waals surface area contributed by atoms with Gasteiger partial charge >= 0.3 is 0 Å². The van der Waals surface area contributed by atoms with Crippen LogP contribution in [0.3, 0.4) is 0 Å². The maximum absolute atomic E-state index is 12.2. The number of nitrogens with one attached hydrogen (secondary N) is 3. The molecule has 1 heterocycles. The van der Waals surface area contributed by atoms with Crippen LogP contribution in [0.4, 0.5) is 0 Å². The normalized spacial score (nSPS) is 11.3. The molecule has 2 aromatic carbocycles. The van der Waals surface area contributed by atoms with E-state index in [0.717, 1.165) is 16.5 Å². The van der Waals surface area contributed by atoms with Gasteiger partial charge in [0, 0.05) is 16.5 Å². The zero-order valence-corrected chi connectivity index (χ0v) is 14.5. The van der Waals surface area contributed by atoms with Gasteiger partial charge < -0.3 is 4.98 Å². The molecule has 0 unspecified atom stereocenters. The van der Waals surface area contributed by atoms with Crippen molar-refractivity contribution in [2.75, 3.05) is 0 Å². The summed E-state index contributed by atoms with van der Waals surface area (Å²) in [6.07, 6.45) is 0. The molecule has 0 aliphatic carbocycles. The monoisotopic (exact) mass is 335 g/mol. The molecule has 0 saturated carbocycles. The number of hydrogen-bond donors (Lipinski definition) is 3. The van der Waals surface area contributed by atoms with Crippen LogP contribution < -0.4 is 10.9 Å². The zero-order valence-electron chi connectivity index (χ0n) is 14.5. The SMILES string of the molecule is CC(C)(C)c1ccc(C(=O)NNC(=O)c2cc3ccccc3[nH]2)cc1. The summed E-state index contributed by atoms with van der Waals surface area (Å²) in [5.74, 6) is -0.749. The summed E-state index contributed by atoms with van der Waals surface area (Å²) < 4.78 is 0. The standard InChI is InChI=1S/C20H21N3O2/c1-20(2,3)15-10-8-13(9-11-15)18(24)22-23-19(25)17-12-14-6-4-5-7-16(14)21-17/h4-12,21H,1-3H3,(H,22,24)(H,23,25). The Bertz CT molecular complexity index is 885. The summed E-state index contributed by atoms with van der Waals surface area (Å²) >= 11 is 0. The van der Waals surface area contributed by atoms with Crippen LogP contribution in [0, 0.1) is 0 Å². The summed E-state index contributed by atoms with van der Waals surface area (Å²) in [5, 5.41) is 0.941. The maximum atomic E-state index is 12.2. The first kappa shape index (κ1) is 16.8. The van der Waals surface area contributed by atoms with Gasteiger partial charge in [-0.3, -0.25) is 20.4 Å². The minimum atomic E-state index is -0.393. The fourth-order valence-corrected chi connectivity index (χ4v) is 2.57. The zero-order chi connectivity index (χ0) is 18.0. The molecule has 2 amide bonds. The molecular formula is C20H21N3O2. The third-order valence-electron chi connectivity index (χ3n) is 4.08. The van der Waals surface area contributed by atoms with Crippen molar-refractivity contribution in [2.24, 2.45) is 0 Å². The summed E-state index contributed by atoms with van der Waals surface area (Å²) in [6.45, 7) is 6.34. The average Bonchev–Trinajstić information content (AvgIpc) is 3.03. The van der Waals surface area contributed by atoms with Crippen LogP contribution in [0.1, 0.15) is 47.2 Å². The van der Waals surface area contributed by atoms with Crippen LogP contribution in [-0.4, -0.2) is 16.8 Å². The van der Waals surface area contributed by atoms with E-state index in [1.165, 1.54) is 0 Å². The Labute approximate surface area is 146 Å². The number of fused-ring (bicyclic) bond motifs is 1. The fourth-order valence-electron chi connectivity index (χ4n) is 2.57. The number of hydrazine groups is 1. The van der Waals surface area contributed by atoms with E-state index in [2.05, 4.69) is 36.6 Å². The Morgan fingerprint density at radius 3 is 2.16 bits per heavy atom. The molecule has 128 valence electrons. The van der Waals surface area contributed by atoms with E-state index < -0.39 is 5.91 Å². The molecule has 25 heavy (non-hydrogen) atoms. The van der Waals surface area contributed by atoms with Crippen LogP contribution in [0.15, 0.2) is 54.6 Å². The van der Waals surface area contributed by atoms with Crippen molar-refractivity contribution >= 4 is 22.7 Å². The summed E-state index contributed by atoms with van der Waals surface area (Å²) in [7, 11) is 0. The molecule has 0 saturated heterocycles. The van der Waals surface area contributed by atoms with Gasteiger partial charge in [0.05, 0.1) is 0 Å². The number of amides is 2. The lowest BCUT2D eigenvalue weighted by atomic mass is 9.87. The highest BCUT2D eigenvalue weighted by Gasteiger charge is 2.15. The Morgan fingerprint density at radius 1 is 0.880 bits per heavy atom. The van der Waals surface area contributed by atoms with Gasteiger partial charge in [0.25, 0.3) is 11.8 Å². The number of para-hydroxylation sites is 1. The van der Waals surface area contributed by atoms with Crippen molar-refractivity contribution in [3.8, 4) is 0 Å². The highest BCUT2D eigenvalue weighted by atomic mass is 16.2. The van der Waals surface area contributed by atoms with E-state index in [-0.39, 0.29) is 11.3 Å². The predicted octanol–water partition coefficient (Wildman–Crippen LogP) is 3.54. The molecule has 3 aromatic rings. The number of aromatic amines is 1. The van der Waals surface area contributed by atoms with Crippen LogP contribution in [0.2, 0.25) is 0 Å². The van der Waals surface area contributed by atoms with Crippen molar-refractivity contribution < 1.29 is 9.59 Å². The van der Waals surface area contributed by atoms with Crippen LogP contribution in [0.5, 0.6) is 0 Å². The Hall–Kier alpha value is -3.08. The van der Waals surface area contributed by atoms with Gasteiger partial charge in [0.2, 0.25) is 0 Å². The van der Waals surface area contributed by atoms with E-state index in [0.29, 0.717) is 11.3 Å². The third-order valence-corrected chi connectivity index (χ3v) is 4.08. The number of aromatic nitrogens is 1. The Morgan fingerprint density at radius 2 is 1.52 bits per heavy atom. The van der Waals surface area contributed by atoms with Crippen molar-refractivity contribution in [1.82, 2.24) is 15.8 Å². The molecular weight excluding hydrogens is 314 g/mol. The summed E-state index contributed by atoms with van der Waals surface area (Å²) in [5.41, 5.74) is 7.80. The van der Waals surface area contributed by atoms with E-state index >= 15 is 0 Å². The predicted molar refractivity (Wildman–Crippen MR) is 98.4 cm³/mol. The highest BCUT2D eigenvalue weighted by molar-refractivity contribution is 6.00. The van der Waals surface area contributed by atoms with Gasteiger partial charge in [-0.1, -0.05) is 51.1 Å². The number of H-pyrrole nitrogens is 1. The Balaban J connectivity index is 1.64. The van der Waals surface area contributed by atoms with Gasteiger partial charge in [-0.25, -0.2) is 0 Å². The number of benzene rings is 2. The molecule has 3 N–H and O–H groups in total. The number of rotatable bonds is 2. The average molecular weight is 335 g/mol. The van der Waals surface area contributed by atoms with Gasteiger partial charge in [-0.2, -0.15) is 0 Å². The molecule has 1 aromatic heterocycles. The third kappa shape index (κ3) is 3.71. The minimum absolute atomic E-state index is 0.0266.